The highest BCUT2D eigenvalue weighted by Crippen LogP contribution is 2.52. The second-order valence-electron chi connectivity index (χ2n) is 7.86. The number of hydrogen-bond donors (Lipinski definition) is 1. The van der Waals surface area contributed by atoms with E-state index >= 15 is 0 Å². The molecule has 4 aromatic rings. The minimum Gasteiger partial charge on any atom is -0.302 e. The molecule has 168 valence electrons. The predicted octanol–water partition coefficient (Wildman–Crippen LogP) is 7.09. The van der Waals surface area contributed by atoms with Gasteiger partial charge in [0.2, 0.25) is 0 Å². The maximum Gasteiger partial charge on any atom is 0.473 e. The molecular weight excluding hydrogens is 431 g/mol. The second-order valence-corrected chi connectivity index (χ2v) is 9.22. The van der Waals surface area contributed by atoms with Crippen molar-refractivity contribution in [1.29, 1.82) is 0 Å². The molecule has 0 aromatic heterocycles. The summed E-state index contributed by atoms with van der Waals surface area (Å²) in [6.45, 7) is 0. The van der Waals surface area contributed by atoms with Gasteiger partial charge in [-0.3, -0.25) is 9.05 Å². The lowest BCUT2D eigenvalue weighted by Crippen LogP contribution is -2.12. The van der Waals surface area contributed by atoms with Gasteiger partial charge in [0, 0.05) is 12.8 Å². The van der Waals surface area contributed by atoms with E-state index in [2.05, 4.69) is 0 Å². The van der Waals surface area contributed by atoms with Gasteiger partial charge in [0.05, 0.1) is 12.2 Å². The third kappa shape index (κ3) is 6.98. The van der Waals surface area contributed by atoms with Crippen LogP contribution in [-0.2, 0) is 26.5 Å². The van der Waals surface area contributed by atoms with Crippen molar-refractivity contribution in [3.05, 3.63) is 144 Å². The third-order valence-corrected chi connectivity index (χ3v) is 6.43. The fourth-order valence-corrected chi connectivity index (χ4v) is 4.86. The van der Waals surface area contributed by atoms with E-state index in [-0.39, 0.29) is 0 Å². The Kier molecular flexibility index (Phi) is 7.87. The van der Waals surface area contributed by atoms with Gasteiger partial charge in [-0.25, -0.2) is 4.57 Å². The van der Waals surface area contributed by atoms with Crippen LogP contribution >= 0.6 is 7.82 Å². The van der Waals surface area contributed by atoms with Crippen LogP contribution in [0.1, 0.15) is 34.5 Å². The van der Waals surface area contributed by atoms with Crippen LogP contribution in [0, 0.1) is 0 Å². The van der Waals surface area contributed by atoms with E-state index in [1.807, 2.05) is 121 Å². The number of hydrogen-bond acceptors (Lipinski definition) is 3. The summed E-state index contributed by atoms with van der Waals surface area (Å²) in [7, 11) is -4.41. The minimum absolute atomic E-state index is 0.452. The largest absolute Gasteiger partial charge is 0.473 e. The van der Waals surface area contributed by atoms with E-state index in [0.29, 0.717) is 12.8 Å². The third-order valence-electron chi connectivity index (χ3n) is 5.39. The van der Waals surface area contributed by atoms with Gasteiger partial charge in [-0.2, -0.15) is 0 Å². The molecule has 0 heterocycles. The van der Waals surface area contributed by atoms with Gasteiger partial charge < -0.3 is 4.89 Å². The van der Waals surface area contributed by atoms with Crippen molar-refractivity contribution in [3.63, 3.8) is 0 Å². The van der Waals surface area contributed by atoms with Gasteiger partial charge in [-0.1, -0.05) is 121 Å². The Labute approximate surface area is 195 Å². The monoisotopic (exact) mass is 458 g/mol. The molecule has 2 atom stereocenters. The minimum atomic E-state index is -4.41. The lowest BCUT2D eigenvalue weighted by molar-refractivity contribution is 0.0730. The number of benzene rings is 4. The molecular formula is C28H27O4P. The average Bonchev–Trinajstić information content (AvgIpc) is 2.85. The molecule has 1 N–H and O–H groups in total. The zero-order valence-electron chi connectivity index (χ0n) is 18.2. The Morgan fingerprint density at radius 2 is 0.848 bits per heavy atom. The summed E-state index contributed by atoms with van der Waals surface area (Å²) < 4.78 is 24.9. The summed E-state index contributed by atoms with van der Waals surface area (Å²) in [5, 5.41) is 0. The number of phosphoric ester groups is 1. The lowest BCUT2D eigenvalue weighted by atomic mass is 10.0. The Hall–Kier alpha value is -3.01. The molecule has 0 saturated heterocycles. The fraction of sp³-hybridized carbons (Fsp3) is 0.143. The molecule has 0 aliphatic carbocycles. The summed E-state index contributed by atoms with van der Waals surface area (Å²) >= 11 is 0. The van der Waals surface area contributed by atoms with Crippen LogP contribution < -0.4 is 0 Å². The highest BCUT2D eigenvalue weighted by molar-refractivity contribution is 7.47. The molecule has 0 radical (unpaired) electrons. The molecule has 0 spiro atoms. The second kappa shape index (κ2) is 11.2. The fourth-order valence-electron chi connectivity index (χ4n) is 3.77. The molecule has 33 heavy (non-hydrogen) atoms. The van der Waals surface area contributed by atoms with Gasteiger partial charge in [0.25, 0.3) is 0 Å². The molecule has 0 aliphatic heterocycles. The molecule has 5 heteroatoms. The topological polar surface area (TPSA) is 55.8 Å². The summed E-state index contributed by atoms with van der Waals surface area (Å²) in [4.78, 5) is 10.8. The normalized spacial score (nSPS) is 14.8. The highest BCUT2D eigenvalue weighted by Gasteiger charge is 2.32. The summed E-state index contributed by atoms with van der Waals surface area (Å²) in [5.74, 6) is 0. The van der Waals surface area contributed by atoms with Crippen LogP contribution in [0.15, 0.2) is 121 Å². The Bertz CT molecular complexity index is 1060. The SMILES string of the molecule is O=P(O)(OC(Cc1ccccc1)c1ccccc1)OC(Cc1ccccc1)c1ccccc1. The molecule has 0 saturated carbocycles. The van der Waals surface area contributed by atoms with Gasteiger partial charge in [0.15, 0.2) is 0 Å². The van der Waals surface area contributed by atoms with Crippen molar-refractivity contribution in [2.75, 3.05) is 0 Å². The average molecular weight is 458 g/mol. The molecule has 2 unspecified atom stereocenters. The first-order chi connectivity index (χ1) is 16.1. The zero-order chi connectivity index (χ0) is 22.9. The maximum atomic E-state index is 13.3. The lowest BCUT2D eigenvalue weighted by Gasteiger charge is -2.25. The van der Waals surface area contributed by atoms with E-state index < -0.39 is 20.0 Å². The Morgan fingerprint density at radius 3 is 1.18 bits per heavy atom. The summed E-state index contributed by atoms with van der Waals surface area (Å²) in [6, 6.07) is 38.5. The molecule has 0 aliphatic rings. The quantitative estimate of drug-likeness (QED) is 0.258. The first kappa shape index (κ1) is 23.2. The first-order valence-corrected chi connectivity index (χ1v) is 12.5. The number of phosphoric acid groups is 1. The van der Waals surface area contributed by atoms with Crippen molar-refractivity contribution >= 4 is 7.82 Å². The standard InChI is InChI=1S/C28H27O4P/c29-33(30,31-27(25-17-9-3-10-18-25)21-23-13-5-1-6-14-23)32-28(26-19-11-4-12-20-26)22-24-15-7-2-8-16-24/h1-20,27-28H,21-22H2,(H,29,30). The molecule has 4 rings (SSSR count). The van der Waals surface area contributed by atoms with Crippen LogP contribution in [0.5, 0.6) is 0 Å². The van der Waals surface area contributed by atoms with Crippen molar-refractivity contribution in [2.45, 2.75) is 25.0 Å². The van der Waals surface area contributed by atoms with Crippen LogP contribution in [-0.4, -0.2) is 4.89 Å². The van der Waals surface area contributed by atoms with Crippen LogP contribution in [0.25, 0.3) is 0 Å². The van der Waals surface area contributed by atoms with Gasteiger partial charge in [0.1, 0.15) is 0 Å². The van der Waals surface area contributed by atoms with Crippen molar-refractivity contribution in [1.82, 2.24) is 0 Å². The predicted molar refractivity (Wildman–Crippen MR) is 131 cm³/mol. The van der Waals surface area contributed by atoms with Crippen LogP contribution in [0.3, 0.4) is 0 Å². The summed E-state index contributed by atoms with van der Waals surface area (Å²) in [6.07, 6.45) is -0.351. The van der Waals surface area contributed by atoms with E-state index in [9.17, 15) is 9.46 Å². The first-order valence-electron chi connectivity index (χ1n) is 11.0. The van der Waals surface area contributed by atoms with E-state index in [1.54, 1.807) is 0 Å². The van der Waals surface area contributed by atoms with Crippen molar-refractivity contribution in [3.8, 4) is 0 Å². The Balaban J connectivity index is 1.57. The van der Waals surface area contributed by atoms with Crippen LogP contribution in [0.2, 0.25) is 0 Å². The molecule has 0 bridgehead atoms. The van der Waals surface area contributed by atoms with Crippen molar-refractivity contribution < 1.29 is 18.5 Å². The molecule has 4 nitrogen and oxygen atoms in total. The van der Waals surface area contributed by atoms with Crippen LogP contribution in [0.4, 0.5) is 0 Å². The van der Waals surface area contributed by atoms with E-state index in [0.717, 1.165) is 22.3 Å². The molecule has 0 amide bonds. The maximum absolute atomic E-state index is 13.3. The highest BCUT2D eigenvalue weighted by atomic mass is 31.2. The smallest absolute Gasteiger partial charge is 0.302 e. The summed E-state index contributed by atoms with van der Waals surface area (Å²) in [5.41, 5.74) is 3.66. The molecule has 4 aromatic carbocycles. The van der Waals surface area contributed by atoms with E-state index in [1.165, 1.54) is 0 Å². The van der Waals surface area contributed by atoms with Gasteiger partial charge in [-0.15, -0.1) is 0 Å². The van der Waals surface area contributed by atoms with Gasteiger partial charge in [-0.05, 0) is 22.3 Å². The number of rotatable bonds is 10. The molecule has 0 fully saturated rings. The van der Waals surface area contributed by atoms with Gasteiger partial charge >= 0.3 is 7.82 Å². The van der Waals surface area contributed by atoms with Crippen molar-refractivity contribution in [2.24, 2.45) is 0 Å². The van der Waals surface area contributed by atoms with E-state index in [4.69, 9.17) is 9.05 Å². The Morgan fingerprint density at radius 1 is 0.545 bits per heavy atom. The zero-order valence-corrected chi connectivity index (χ0v) is 19.1.